The van der Waals surface area contributed by atoms with E-state index in [2.05, 4.69) is 10.6 Å². The first kappa shape index (κ1) is 13.3. The van der Waals surface area contributed by atoms with Crippen LogP contribution in [0.3, 0.4) is 0 Å². The summed E-state index contributed by atoms with van der Waals surface area (Å²) in [5.41, 5.74) is -1.14. The average molecular weight is 256 g/mol. The van der Waals surface area contributed by atoms with Gasteiger partial charge >= 0.3 is 5.97 Å². The zero-order valence-electron chi connectivity index (χ0n) is 10.6. The number of aliphatic carboxylic acids is 1. The number of ether oxygens (including phenoxy) is 1. The predicted molar refractivity (Wildman–Crippen MR) is 64.1 cm³/mol. The van der Waals surface area contributed by atoms with Gasteiger partial charge in [0.25, 0.3) is 0 Å². The molecule has 1 amide bonds. The minimum absolute atomic E-state index is 0.135. The van der Waals surface area contributed by atoms with Crippen molar-refractivity contribution < 1.29 is 19.4 Å². The molecule has 0 radical (unpaired) electrons. The molecule has 2 rings (SSSR count). The first-order chi connectivity index (χ1) is 8.55. The molecule has 0 spiro atoms. The molecule has 6 nitrogen and oxygen atoms in total. The van der Waals surface area contributed by atoms with Gasteiger partial charge in [0.1, 0.15) is 5.54 Å². The van der Waals surface area contributed by atoms with Crippen molar-refractivity contribution in [3.63, 3.8) is 0 Å². The van der Waals surface area contributed by atoms with Crippen LogP contribution in [0.4, 0.5) is 0 Å². The van der Waals surface area contributed by atoms with Gasteiger partial charge in [-0.25, -0.2) is 4.79 Å². The molecule has 0 aliphatic carbocycles. The van der Waals surface area contributed by atoms with E-state index in [0.717, 1.165) is 6.54 Å². The number of rotatable bonds is 3. The van der Waals surface area contributed by atoms with Gasteiger partial charge in [-0.05, 0) is 12.5 Å². The number of hydrogen-bond acceptors (Lipinski definition) is 4. The van der Waals surface area contributed by atoms with Crippen LogP contribution in [0, 0.1) is 11.8 Å². The molecule has 2 fully saturated rings. The van der Waals surface area contributed by atoms with E-state index in [0.29, 0.717) is 32.6 Å². The smallest absolute Gasteiger partial charge is 0.329 e. The summed E-state index contributed by atoms with van der Waals surface area (Å²) in [6.07, 6.45) is 0.672. The van der Waals surface area contributed by atoms with Crippen molar-refractivity contribution in [1.29, 1.82) is 0 Å². The van der Waals surface area contributed by atoms with Crippen molar-refractivity contribution in [1.82, 2.24) is 10.6 Å². The van der Waals surface area contributed by atoms with Gasteiger partial charge < -0.3 is 20.5 Å². The molecule has 0 aromatic carbocycles. The number of carbonyl (C=O) groups is 2. The second kappa shape index (κ2) is 5.24. The molecule has 18 heavy (non-hydrogen) atoms. The normalized spacial score (nSPS) is 30.9. The van der Waals surface area contributed by atoms with Gasteiger partial charge in [-0.1, -0.05) is 6.92 Å². The predicted octanol–water partition coefficient (Wildman–Crippen LogP) is -0.408. The number of carbonyl (C=O) groups excluding carboxylic acids is 1. The Morgan fingerprint density at radius 3 is 2.50 bits per heavy atom. The molecular weight excluding hydrogens is 236 g/mol. The van der Waals surface area contributed by atoms with E-state index in [4.69, 9.17) is 4.74 Å². The quantitative estimate of drug-likeness (QED) is 0.639. The van der Waals surface area contributed by atoms with E-state index < -0.39 is 11.5 Å². The Morgan fingerprint density at radius 2 is 2.00 bits per heavy atom. The van der Waals surface area contributed by atoms with Crippen LogP contribution < -0.4 is 10.6 Å². The highest BCUT2D eigenvalue weighted by atomic mass is 16.5. The second-order valence-corrected chi connectivity index (χ2v) is 5.23. The molecule has 0 aromatic rings. The van der Waals surface area contributed by atoms with E-state index >= 15 is 0 Å². The molecular formula is C12H20N2O4. The summed E-state index contributed by atoms with van der Waals surface area (Å²) in [6, 6.07) is 0. The van der Waals surface area contributed by atoms with Crippen LogP contribution in [0.1, 0.15) is 19.8 Å². The SMILES string of the molecule is CC1CNCC1C(=O)NC1(C(=O)O)CCOCC1. The van der Waals surface area contributed by atoms with Crippen LogP contribution in [-0.4, -0.2) is 48.8 Å². The molecule has 6 heteroatoms. The van der Waals surface area contributed by atoms with Gasteiger partial charge in [0.15, 0.2) is 0 Å². The molecule has 3 N–H and O–H groups in total. The molecule has 2 atom stereocenters. The maximum atomic E-state index is 12.2. The molecule has 0 saturated carbocycles. The molecule has 2 unspecified atom stereocenters. The summed E-state index contributed by atoms with van der Waals surface area (Å²) in [4.78, 5) is 23.6. The molecule has 2 heterocycles. The largest absolute Gasteiger partial charge is 0.480 e. The highest BCUT2D eigenvalue weighted by Gasteiger charge is 2.43. The second-order valence-electron chi connectivity index (χ2n) is 5.23. The first-order valence-electron chi connectivity index (χ1n) is 6.39. The van der Waals surface area contributed by atoms with Crippen molar-refractivity contribution in [3.8, 4) is 0 Å². The van der Waals surface area contributed by atoms with Crippen LogP contribution in [0.2, 0.25) is 0 Å². The Bertz CT molecular complexity index is 339. The monoisotopic (exact) mass is 256 g/mol. The van der Waals surface area contributed by atoms with Gasteiger partial charge in [-0.3, -0.25) is 4.79 Å². The number of nitrogens with one attached hydrogen (secondary N) is 2. The van der Waals surface area contributed by atoms with Crippen LogP contribution in [0.25, 0.3) is 0 Å². The summed E-state index contributed by atoms with van der Waals surface area (Å²) in [5, 5.41) is 15.3. The Kier molecular flexibility index (Phi) is 3.87. The Labute approximate surface area is 106 Å². The van der Waals surface area contributed by atoms with Gasteiger partial charge in [0.2, 0.25) is 5.91 Å². The van der Waals surface area contributed by atoms with E-state index in [1.807, 2.05) is 6.92 Å². The third kappa shape index (κ3) is 2.49. The Hall–Kier alpha value is -1.14. The molecule has 2 aliphatic heterocycles. The van der Waals surface area contributed by atoms with Gasteiger partial charge in [0.05, 0.1) is 5.92 Å². The van der Waals surface area contributed by atoms with Crippen LogP contribution in [0.15, 0.2) is 0 Å². The third-order valence-corrected chi connectivity index (χ3v) is 3.97. The van der Waals surface area contributed by atoms with Gasteiger partial charge in [0, 0.05) is 32.6 Å². The molecule has 2 aliphatic rings. The zero-order chi connectivity index (χ0) is 13.2. The van der Waals surface area contributed by atoms with Gasteiger partial charge in [-0.15, -0.1) is 0 Å². The minimum Gasteiger partial charge on any atom is -0.480 e. The van der Waals surface area contributed by atoms with Gasteiger partial charge in [-0.2, -0.15) is 0 Å². The molecule has 2 saturated heterocycles. The standard InChI is InChI=1S/C12H20N2O4/c1-8-6-13-7-9(8)10(15)14-12(11(16)17)2-4-18-5-3-12/h8-9,13H,2-7H2,1H3,(H,14,15)(H,16,17). The van der Waals surface area contributed by atoms with E-state index in [1.165, 1.54) is 0 Å². The molecule has 102 valence electrons. The summed E-state index contributed by atoms with van der Waals surface area (Å²) in [5.74, 6) is -1.01. The third-order valence-electron chi connectivity index (χ3n) is 3.97. The lowest BCUT2D eigenvalue weighted by molar-refractivity contribution is -0.152. The zero-order valence-corrected chi connectivity index (χ0v) is 10.6. The van der Waals surface area contributed by atoms with Crippen molar-refractivity contribution in [3.05, 3.63) is 0 Å². The number of carboxylic acid groups (broad SMARTS) is 1. The summed E-state index contributed by atoms with van der Waals surface area (Å²) in [6.45, 7) is 4.19. The maximum Gasteiger partial charge on any atom is 0.329 e. The van der Waals surface area contributed by atoms with Crippen molar-refractivity contribution in [2.75, 3.05) is 26.3 Å². The van der Waals surface area contributed by atoms with Crippen LogP contribution in [-0.2, 0) is 14.3 Å². The van der Waals surface area contributed by atoms with Crippen LogP contribution in [0.5, 0.6) is 0 Å². The summed E-state index contributed by atoms with van der Waals surface area (Å²) < 4.78 is 5.18. The van der Waals surface area contributed by atoms with E-state index in [1.54, 1.807) is 0 Å². The van der Waals surface area contributed by atoms with Crippen molar-refractivity contribution in [2.24, 2.45) is 11.8 Å². The average Bonchev–Trinajstić information content (AvgIpc) is 2.76. The Morgan fingerprint density at radius 1 is 1.33 bits per heavy atom. The van der Waals surface area contributed by atoms with E-state index in [9.17, 15) is 14.7 Å². The topological polar surface area (TPSA) is 87.7 Å². The molecule has 0 bridgehead atoms. The highest BCUT2D eigenvalue weighted by molar-refractivity contribution is 5.88. The van der Waals surface area contributed by atoms with Crippen molar-refractivity contribution >= 4 is 11.9 Å². The minimum atomic E-state index is -1.14. The lowest BCUT2D eigenvalue weighted by Crippen LogP contribution is -2.59. The number of carboxylic acids is 1. The fraction of sp³-hybridized carbons (Fsp3) is 0.833. The summed E-state index contributed by atoms with van der Waals surface area (Å²) >= 11 is 0. The number of amides is 1. The molecule has 0 aromatic heterocycles. The van der Waals surface area contributed by atoms with E-state index in [-0.39, 0.29) is 17.7 Å². The first-order valence-corrected chi connectivity index (χ1v) is 6.39. The van der Waals surface area contributed by atoms with Crippen LogP contribution >= 0.6 is 0 Å². The summed E-state index contributed by atoms with van der Waals surface area (Å²) in [7, 11) is 0. The lowest BCUT2D eigenvalue weighted by Gasteiger charge is -2.35. The van der Waals surface area contributed by atoms with Crippen molar-refractivity contribution in [2.45, 2.75) is 25.3 Å². The number of hydrogen-bond donors (Lipinski definition) is 3. The highest BCUT2D eigenvalue weighted by Crippen LogP contribution is 2.23. The maximum absolute atomic E-state index is 12.2. The Balaban J connectivity index is 2.04. The lowest BCUT2D eigenvalue weighted by atomic mass is 9.88. The fourth-order valence-electron chi connectivity index (χ4n) is 2.60. The fourth-order valence-corrected chi connectivity index (χ4v) is 2.60.